The molecule has 1 saturated carbocycles. The van der Waals surface area contributed by atoms with Crippen molar-refractivity contribution in [3.63, 3.8) is 0 Å². The highest BCUT2D eigenvalue weighted by molar-refractivity contribution is 5.80. The number of fused-ring (bicyclic) bond motifs is 1. The Balaban J connectivity index is 1.29. The predicted molar refractivity (Wildman–Crippen MR) is 116 cm³/mol. The van der Waals surface area contributed by atoms with Gasteiger partial charge in [-0.25, -0.2) is 4.98 Å². The maximum Gasteiger partial charge on any atom is 0.226 e. The summed E-state index contributed by atoms with van der Waals surface area (Å²) in [5.41, 5.74) is 4.72. The number of aryl methyl sites for hydroxylation is 1. The third kappa shape index (κ3) is 3.57. The number of aromatic nitrogens is 2. The van der Waals surface area contributed by atoms with Gasteiger partial charge in [-0.1, -0.05) is 36.4 Å². The summed E-state index contributed by atoms with van der Waals surface area (Å²) in [4.78, 5) is 23.8. The maximum absolute atomic E-state index is 13.4. The Labute approximate surface area is 172 Å². The second kappa shape index (κ2) is 7.66. The Morgan fingerprint density at radius 2 is 1.83 bits per heavy atom. The summed E-state index contributed by atoms with van der Waals surface area (Å²) in [6, 6.07) is 17.2. The zero-order valence-corrected chi connectivity index (χ0v) is 17.1. The Morgan fingerprint density at radius 3 is 2.62 bits per heavy atom. The number of carbonyl (C=O) groups excluding carboxylic acids is 1. The van der Waals surface area contributed by atoms with E-state index in [1.807, 2.05) is 0 Å². The number of nitrogens with zero attached hydrogens (tertiary/aromatic N) is 2. The fourth-order valence-electron chi connectivity index (χ4n) is 5.25. The lowest BCUT2D eigenvalue weighted by molar-refractivity contribution is -0.137. The van der Waals surface area contributed by atoms with E-state index in [0.717, 1.165) is 61.9 Å². The molecule has 2 fully saturated rings. The van der Waals surface area contributed by atoms with Crippen LogP contribution < -0.4 is 0 Å². The van der Waals surface area contributed by atoms with Crippen LogP contribution >= 0.6 is 0 Å². The van der Waals surface area contributed by atoms with E-state index in [2.05, 4.69) is 65.3 Å². The molecule has 1 N–H and O–H groups in total. The maximum atomic E-state index is 13.4. The lowest BCUT2D eigenvalue weighted by Gasteiger charge is -2.32. The first kappa shape index (κ1) is 18.4. The molecule has 1 unspecified atom stereocenters. The molecule has 4 heteroatoms. The molecule has 1 saturated heterocycles. The predicted octanol–water partition coefficient (Wildman–Crippen LogP) is 5.51. The second-order valence-electron chi connectivity index (χ2n) is 8.79. The monoisotopic (exact) mass is 387 g/mol. The number of nitrogens with one attached hydrogen (secondary N) is 1. The quantitative estimate of drug-likeness (QED) is 0.644. The number of hydrogen-bond donors (Lipinski definition) is 1. The van der Waals surface area contributed by atoms with Crippen LogP contribution in [0.15, 0.2) is 48.5 Å². The summed E-state index contributed by atoms with van der Waals surface area (Å²) in [6.07, 6.45) is 6.29. The van der Waals surface area contributed by atoms with E-state index < -0.39 is 0 Å². The zero-order valence-electron chi connectivity index (χ0n) is 17.1. The lowest BCUT2D eigenvalue weighted by Crippen LogP contribution is -2.37. The van der Waals surface area contributed by atoms with Crippen molar-refractivity contribution in [1.29, 1.82) is 0 Å². The van der Waals surface area contributed by atoms with E-state index in [1.54, 1.807) is 0 Å². The van der Waals surface area contributed by atoms with E-state index >= 15 is 0 Å². The minimum absolute atomic E-state index is 0.0991. The molecule has 2 aromatic carbocycles. The van der Waals surface area contributed by atoms with Gasteiger partial charge in [0.2, 0.25) is 5.91 Å². The van der Waals surface area contributed by atoms with Gasteiger partial charge < -0.3 is 9.88 Å². The molecule has 2 aliphatic rings. The molecular formula is C25H29N3O. The minimum atomic E-state index is 0.0991. The molecule has 1 aliphatic heterocycles. The van der Waals surface area contributed by atoms with Gasteiger partial charge in [0.05, 0.1) is 17.1 Å². The SMILES string of the molecule is Cc1ccc2nc(C3CCCN3C(=O)C3CCC(c4ccccc4)CC3)[nH]c2c1. The first-order valence-electron chi connectivity index (χ1n) is 11.0. The van der Waals surface area contributed by atoms with Crippen molar-refractivity contribution in [3.8, 4) is 0 Å². The van der Waals surface area contributed by atoms with Gasteiger partial charge in [-0.05, 0) is 74.6 Å². The summed E-state index contributed by atoms with van der Waals surface area (Å²) < 4.78 is 0. The third-order valence-electron chi connectivity index (χ3n) is 6.85. The lowest BCUT2D eigenvalue weighted by atomic mass is 9.78. The summed E-state index contributed by atoms with van der Waals surface area (Å²) in [5.74, 6) is 2.07. The number of aromatic amines is 1. The van der Waals surface area contributed by atoms with Crippen LogP contribution in [-0.2, 0) is 4.79 Å². The summed E-state index contributed by atoms with van der Waals surface area (Å²) in [7, 11) is 0. The van der Waals surface area contributed by atoms with Crippen molar-refractivity contribution >= 4 is 16.9 Å². The molecule has 2 heterocycles. The number of hydrogen-bond acceptors (Lipinski definition) is 2. The largest absolute Gasteiger partial charge is 0.340 e. The van der Waals surface area contributed by atoms with Crippen LogP contribution in [0.3, 0.4) is 0 Å². The fraction of sp³-hybridized carbons (Fsp3) is 0.440. The van der Waals surface area contributed by atoms with Crippen molar-refractivity contribution < 1.29 is 4.79 Å². The Morgan fingerprint density at radius 1 is 1.03 bits per heavy atom. The molecule has 1 aliphatic carbocycles. The van der Waals surface area contributed by atoms with Gasteiger partial charge in [-0.15, -0.1) is 0 Å². The van der Waals surface area contributed by atoms with E-state index in [0.29, 0.717) is 11.8 Å². The molecule has 5 rings (SSSR count). The number of imidazole rings is 1. The normalized spacial score (nSPS) is 24.9. The molecule has 0 bridgehead atoms. The highest BCUT2D eigenvalue weighted by atomic mass is 16.2. The highest BCUT2D eigenvalue weighted by Gasteiger charge is 2.37. The Hall–Kier alpha value is -2.62. The average molecular weight is 388 g/mol. The van der Waals surface area contributed by atoms with Gasteiger partial charge >= 0.3 is 0 Å². The fourth-order valence-corrected chi connectivity index (χ4v) is 5.25. The van der Waals surface area contributed by atoms with Crippen LogP contribution in [-0.4, -0.2) is 27.3 Å². The Bertz CT molecular complexity index is 1000. The van der Waals surface area contributed by atoms with Crippen molar-refractivity contribution in [2.75, 3.05) is 6.54 Å². The smallest absolute Gasteiger partial charge is 0.226 e. The summed E-state index contributed by atoms with van der Waals surface area (Å²) in [6.45, 7) is 2.95. The van der Waals surface area contributed by atoms with Crippen LogP contribution in [0, 0.1) is 12.8 Å². The second-order valence-corrected chi connectivity index (χ2v) is 8.79. The van der Waals surface area contributed by atoms with E-state index in [4.69, 9.17) is 4.98 Å². The van der Waals surface area contributed by atoms with E-state index in [9.17, 15) is 4.79 Å². The molecule has 1 aromatic heterocycles. The number of likely N-dealkylation sites (tertiary alicyclic amines) is 1. The molecule has 29 heavy (non-hydrogen) atoms. The standard InChI is InChI=1S/C25H29N3O/c1-17-9-14-21-22(16-17)27-24(26-21)23-8-5-15-28(23)25(29)20-12-10-19(11-13-20)18-6-3-2-4-7-18/h2-4,6-7,9,14,16,19-20,23H,5,8,10-13,15H2,1H3,(H,26,27). The molecule has 1 atom stereocenters. The van der Waals surface area contributed by atoms with Crippen LogP contribution in [0.2, 0.25) is 0 Å². The number of carbonyl (C=O) groups is 1. The van der Waals surface area contributed by atoms with Crippen LogP contribution in [0.5, 0.6) is 0 Å². The summed E-state index contributed by atoms with van der Waals surface area (Å²) >= 11 is 0. The first-order chi connectivity index (χ1) is 14.2. The van der Waals surface area contributed by atoms with Crippen LogP contribution in [0.25, 0.3) is 11.0 Å². The molecule has 0 spiro atoms. The average Bonchev–Trinajstić information content (AvgIpc) is 3.40. The molecule has 1 amide bonds. The minimum Gasteiger partial charge on any atom is -0.340 e. The van der Waals surface area contributed by atoms with Gasteiger partial charge in [0.15, 0.2) is 0 Å². The van der Waals surface area contributed by atoms with Crippen LogP contribution in [0.4, 0.5) is 0 Å². The van der Waals surface area contributed by atoms with Gasteiger partial charge in [-0.3, -0.25) is 4.79 Å². The van der Waals surface area contributed by atoms with Gasteiger partial charge in [0.1, 0.15) is 5.82 Å². The zero-order chi connectivity index (χ0) is 19.8. The first-order valence-corrected chi connectivity index (χ1v) is 11.0. The molecular weight excluding hydrogens is 358 g/mol. The van der Waals surface area contributed by atoms with E-state index in [1.165, 1.54) is 11.1 Å². The van der Waals surface area contributed by atoms with Gasteiger partial charge in [0, 0.05) is 12.5 Å². The number of rotatable bonds is 3. The van der Waals surface area contributed by atoms with Crippen molar-refractivity contribution in [3.05, 3.63) is 65.5 Å². The Kier molecular flexibility index (Phi) is 4.86. The molecule has 150 valence electrons. The third-order valence-corrected chi connectivity index (χ3v) is 6.85. The molecule has 0 radical (unpaired) electrons. The highest BCUT2D eigenvalue weighted by Crippen LogP contribution is 2.39. The van der Waals surface area contributed by atoms with Crippen molar-refractivity contribution in [1.82, 2.24) is 14.9 Å². The summed E-state index contributed by atoms with van der Waals surface area (Å²) in [5, 5.41) is 0. The molecule has 3 aromatic rings. The number of amides is 1. The number of benzene rings is 2. The van der Waals surface area contributed by atoms with Gasteiger partial charge in [-0.2, -0.15) is 0 Å². The van der Waals surface area contributed by atoms with Gasteiger partial charge in [0.25, 0.3) is 0 Å². The van der Waals surface area contributed by atoms with Crippen molar-refractivity contribution in [2.24, 2.45) is 5.92 Å². The van der Waals surface area contributed by atoms with Crippen LogP contribution in [0.1, 0.15) is 67.4 Å². The topological polar surface area (TPSA) is 49.0 Å². The van der Waals surface area contributed by atoms with Crippen molar-refractivity contribution in [2.45, 2.75) is 57.4 Å². The number of H-pyrrole nitrogens is 1. The van der Waals surface area contributed by atoms with E-state index in [-0.39, 0.29) is 12.0 Å². The molecule has 4 nitrogen and oxygen atoms in total.